The Bertz CT molecular complexity index is 685. The molecular formula is C15H14N2OS3. The monoisotopic (exact) mass is 334 g/mol. The molecule has 0 unspecified atom stereocenters. The zero-order valence-electron chi connectivity index (χ0n) is 11.2. The van der Waals surface area contributed by atoms with Gasteiger partial charge in [0.1, 0.15) is 4.99 Å². The Hall–Kier alpha value is -1.37. The highest BCUT2D eigenvalue weighted by atomic mass is 32.2. The van der Waals surface area contributed by atoms with Crippen LogP contribution in [0.15, 0.2) is 30.3 Å². The second-order valence-electron chi connectivity index (χ2n) is 4.73. The predicted octanol–water partition coefficient (Wildman–Crippen LogP) is 3.42. The van der Waals surface area contributed by atoms with E-state index in [0.29, 0.717) is 11.3 Å². The van der Waals surface area contributed by atoms with Gasteiger partial charge in [0.2, 0.25) is 0 Å². The molecule has 0 saturated carbocycles. The van der Waals surface area contributed by atoms with E-state index in [1.165, 1.54) is 10.4 Å². The van der Waals surface area contributed by atoms with E-state index in [1.54, 1.807) is 11.3 Å². The number of rotatable bonds is 3. The van der Waals surface area contributed by atoms with Crippen molar-refractivity contribution in [2.75, 3.05) is 11.1 Å². The third-order valence-electron chi connectivity index (χ3n) is 3.29. The first kappa shape index (κ1) is 14.6. The molecule has 0 aliphatic carbocycles. The molecule has 3 N–H and O–H groups in total. The normalized spacial score (nSPS) is 13.5. The first-order valence-electron chi connectivity index (χ1n) is 6.54. The van der Waals surface area contributed by atoms with Crippen molar-refractivity contribution in [2.45, 2.75) is 12.2 Å². The second kappa shape index (κ2) is 6.17. The number of hydrogen-bond donors (Lipinski definition) is 2. The number of nitrogens with one attached hydrogen (secondary N) is 1. The largest absolute Gasteiger partial charge is 0.389 e. The molecule has 1 aromatic heterocycles. The fourth-order valence-corrected chi connectivity index (χ4v) is 4.70. The zero-order valence-corrected chi connectivity index (χ0v) is 13.7. The topological polar surface area (TPSA) is 55.1 Å². The molecular weight excluding hydrogens is 320 g/mol. The Kier molecular flexibility index (Phi) is 4.28. The third kappa shape index (κ3) is 3.12. The molecule has 1 aliphatic heterocycles. The number of nitrogens with two attached hydrogens (primary N) is 1. The summed E-state index contributed by atoms with van der Waals surface area (Å²) in [5.74, 6) is 2.05. The van der Waals surface area contributed by atoms with Crippen LogP contribution in [0.4, 0.5) is 5.69 Å². The van der Waals surface area contributed by atoms with Crippen LogP contribution in [0.5, 0.6) is 0 Å². The Labute approximate surface area is 136 Å². The van der Waals surface area contributed by atoms with Crippen molar-refractivity contribution in [2.24, 2.45) is 5.73 Å². The van der Waals surface area contributed by atoms with Gasteiger partial charge in [-0.25, -0.2) is 0 Å². The summed E-state index contributed by atoms with van der Waals surface area (Å²) in [5.41, 5.74) is 8.34. The van der Waals surface area contributed by atoms with E-state index in [2.05, 4.69) is 5.32 Å². The number of benzene rings is 1. The number of thiocarbonyl (C=S) groups is 1. The van der Waals surface area contributed by atoms with Gasteiger partial charge in [0.25, 0.3) is 5.91 Å². The molecule has 21 heavy (non-hydrogen) atoms. The quantitative estimate of drug-likeness (QED) is 0.845. The van der Waals surface area contributed by atoms with Crippen LogP contribution in [0.3, 0.4) is 0 Å². The molecule has 0 spiro atoms. The number of thiophene rings is 1. The molecule has 0 fully saturated rings. The molecule has 108 valence electrons. The van der Waals surface area contributed by atoms with Crippen molar-refractivity contribution in [1.82, 2.24) is 0 Å². The number of amides is 1. The number of anilines is 1. The van der Waals surface area contributed by atoms with Crippen LogP contribution in [0.2, 0.25) is 0 Å². The summed E-state index contributed by atoms with van der Waals surface area (Å²) in [6.45, 7) is 0. The van der Waals surface area contributed by atoms with Gasteiger partial charge >= 0.3 is 0 Å². The summed E-state index contributed by atoms with van der Waals surface area (Å²) in [6, 6.07) is 9.34. The average molecular weight is 334 g/mol. The number of fused-ring (bicyclic) bond motifs is 1. The Morgan fingerprint density at radius 1 is 1.33 bits per heavy atom. The summed E-state index contributed by atoms with van der Waals surface area (Å²) >= 11 is 8.52. The molecule has 1 aliphatic rings. The SMILES string of the molecule is NC(=S)c1ccccc1NC(=O)c1cc2c(s1)CCSC2. The fraction of sp³-hybridized carbons (Fsp3) is 0.200. The summed E-state index contributed by atoms with van der Waals surface area (Å²) in [4.78, 5) is 14.8. The number of carbonyl (C=O) groups excluding carboxylic acids is 1. The lowest BCUT2D eigenvalue weighted by molar-refractivity contribution is 0.103. The zero-order chi connectivity index (χ0) is 14.8. The molecule has 2 aromatic rings. The molecule has 2 heterocycles. The molecule has 1 amide bonds. The van der Waals surface area contributed by atoms with Crippen LogP contribution in [0.25, 0.3) is 0 Å². The second-order valence-corrected chi connectivity index (χ2v) is 7.41. The van der Waals surface area contributed by atoms with Gasteiger partial charge in [0.15, 0.2) is 0 Å². The third-order valence-corrected chi connectivity index (χ3v) is 5.76. The number of thioether (sulfide) groups is 1. The van der Waals surface area contributed by atoms with E-state index in [0.717, 1.165) is 22.8 Å². The van der Waals surface area contributed by atoms with E-state index < -0.39 is 0 Å². The van der Waals surface area contributed by atoms with Gasteiger partial charge in [-0.05, 0) is 35.9 Å². The van der Waals surface area contributed by atoms with Gasteiger partial charge in [-0.3, -0.25) is 4.79 Å². The van der Waals surface area contributed by atoms with E-state index in [1.807, 2.05) is 42.1 Å². The lowest BCUT2D eigenvalue weighted by Gasteiger charge is -2.08. The Morgan fingerprint density at radius 2 is 2.14 bits per heavy atom. The maximum Gasteiger partial charge on any atom is 0.265 e. The molecule has 3 nitrogen and oxygen atoms in total. The lowest BCUT2D eigenvalue weighted by atomic mass is 10.1. The van der Waals surface area contributed by atoms with E-state index in [9.17, 15) is 4.79 Å². The van der Waals surface area contributed by atoms with Crippen LogP contribution >= 0.6 is 35.3 Å². The van der Waals surface area contributed by atoms with Crippen LogP contribution in [0.1, 0.15) is 25.7 Å². The lowest BCUT2D eigenvalue weighted by Crippen LogP contribution is -2.16. The minimum atomic E-state index is -0.0944. The number of hydrogen-bond acceptors (Lipinski definition) is 4. The smallest absolute Gasteiger partial charge is 0.265 e. The number of aryl methyl sites for hydroxylation is 1. The standard InChI is InChI=1S/C15H14N2OS3/c16-14(19)10-3-1-2-4-11(10)17-15(18)13-7-9-8-20-6-5-12(9)21-13/h1-4,7H,5-6,8H2,(H2,16,19)(H,17,18). The minimum Gasteiger partial charge on any atom is -0.389 e. The summed E-state index contributed by atoms with van der Waals surface area (Å²) in [5, 5.41) is 2.91. The molecule has 1 aromatic carbocycles. The summed E-state index contributed by atoms with van der Waals surface area (Å²) < 4.78 is 0. The van der Waals surface area contributed by atoms with E-state index in [4.69, 9.17) is 18.0 Å². The van der Waals surface area contributed by atoms with Crippen molar-refractivity contribution < 1.29 is 4.79 Å². The van der Waals surface area contributed by atoms with E-state index in [-0.39, 0.29) is 10.9 Å². The number of carbonyl (C=O) groups is 1. The molecule has 0 saturated heterocycles. The summed E-state index contributed by atoms with van der Waals surface area (Å²) in [6.07, 6.45) is 1.06. The first-order valence-corrected chi connectivity index (χ1v) is 8.92. The highest BCUT2D eigenvalue weighted by Gasteiger charge is 2.18. The molecule has 6 heteroatoms. The molecule has 0 bridgehead atoms. The van der Waals surface area contributed by atoms with Crippen molar-refractivity contribution in [3.63, 3.8) is 0 Å². The first-order chi connectivity index (χ1) is 10.1. The van der Waals surface area contributed by atoms with Crippen molar-refractivity contribution in [1.29, 1.82) is 0 Å². The predicted molar refractivity (Wildman–Crippen MR) is 94.5 cm³/mol. The maximum atomic E-state index is 12.4. The van der Waals surface area contributed by atoms with Gasteiger partial charge in [0, 0.05) is 16.2 Å². The van der Waals surface area contributed by atoms with Gasteiger partial charge < -0.3 is 11.1 Å². The van der Waals surface area contributed by atoms with Gasteiger partial charge in [-0.2, -0.15) is 11.8 Å². The molecule has 0 atom stereocenters. The minimum absolute atomic E-state index is 0.0944. The maximum absolute atomic E-state index is 12.4. The van der Waals surface area contributed by atoms with Crippen molar-refractivity contribution in [3.05, 3.63) is 51.2 Å². The molecule has 3 rings (SSSR count). The highest BCUT2D eigenvalue weighted by Crippen LogP contribution is 2.32. The summed E-state index contributed by atoms with van der Waals surface area (Å²) in [7, 11) is 0. The van der Waals surface area contributed by atoms with Crippen LogP contribution < -0.4 is 11.1 Å². The van der Waals surface area contributed by atoms with Crippen molar-refractivity contribution >= 4 is 51.9 Å². The van der Waals surface area contributed by atoms with Crippen LogP contribution in [-0.4, -0.2) is 16.6 Å². The highest BCUT2D eigenvalue weighted by molar-refractivity contribution is 7.98. The fourth-order valence-electron chi connectivity index (χ4n) is 2.25. The van der Waals surface area contributed by atoms with E-state index >= 15 is 0 Å². The Balaban J connectivity index is 1.83. The molecule has 0 radical (unpaired) electrons. The average Bonchev–Trinajstić information content (AvgIpc) is 2.91. The van der Waals surface area contributed by atoms with Gasteiger partial charge in [-0.1, -0.05) is 24.4 Å². The van der Waals surface area contributed by atoms with Gasteiger partial charge in [0.05, 0.1) is 10.6 Å². The van der Waals surface area contributed by atoms with Crippen LogP contribution in [0, 0.1) is 0 Å². The number of para-hydroxylation sites is 1. The van der Waals surface area contributed by atoms with Crippen molar-refractivity contribution in [3.8, 4) is 0 Å². The van der Waals surface area contributed by atoms with Crippen LogP contribution in [-0.2, 0) is 12.2 Å². The van der Waals surface area contributed by atoms with Gasteiger partial charge in [-0.15, -0.1) is 11.3 Å². The Morgan fingerprint density at radius 3 is 2.90 bits per heavy atom.